The maximum Gasteiger partial charge on any atom is 0.302 e. The minimum Gasteiger partial charge on any atom is -0.485 e. The standard InChI is InChI=1S/C18H12N4O3S/c23-17-15(11-6-2-1-3-7-11)19-20-18-22(17)21-16(26-18)14-10-24-12-8-4-5-9-13(12)25-14/h1-9,14H,10H2/t14-/m0/s1. The van der Waals surface area contributed by atoms with Crippen LogP contribution in [0.2, 0.25) is 0 Å². The highest BCUT2D eigenvalue weighted by molar-refractivity contribution is 7.16. The van der Waals surface area contributed by atoms with Gasteiger partial charge in [-0.15, -0.1) is 10.2 Å². The van der Waals surface area contributed by atoms with Crippen molar-refractivity contribution in [3.05, 3.63) is 70.0 Å². The molecule has 26 heavy (non-hydrogen) atoms. The largest absolute Gasteiger partial charge is 0.485 e. The SMILES string of the molecule is O=c1c(-c2ccccc2)nnc2sc([C@@H]3COc4ccccc4O3)nn12. The van der Waals surface area contributed by atoms with Crippen molar-refractivity contribution in [3.63, 3.8) is 0 Å². The van der Waals surface area contributed by atoms with Crippen LogP contribution >= 0.6 is 11.3 Å². The maximum atomic E-state index is 12.8. The Kier molecular flexibility index (Phi) is 3.42. The van der Waals surface area contributed by atoms with E-state index < -0.39 is 6.10 Å². The molecular weight excluding hydrogens is 352 g/mol. The average molecular weight is 364 g/mol. The van der Waals surface area contributed by atoms with E-state index in [1.165, 1.54) is 15.9 Å². The number of nitrogens with zero attached hydrogens (tertiary/aromatic N) is 4. The topological polar surface area (TPSA) is 78.6 Å². The first-order chi connectivity index (χ1) is 12.8. The van der Waals surface area contributed by atoms with Crippen LogP contribution < -0.4 is 15.0 Å². The van der Waals surface area contributed by atoms with E-state index in [0.717, 1.165) is 0 Å². The van der Waals surface area contributed by atoms with Crippen molar-refractivity contribution in [1.29, 1.82) is 0 Å². The minimum atomic E-state index is -0.392. The molecule has 0 fully saturated rings. The number of para-hydroxylation sites is 2. The third-order valence-electron chi connectivity index (χ3n) is 4.04. The van der Waals surface area contributed by atoms with E-state index in [1.807, 2.05) is 54.6 Å². The van der Waals surface area contributed by atoms with Crippen molar-refractivity contribution in [2.75, 3.05) is 6.61 Å². The van der Waals surface area contributed by atoms with Crippen LogP contribution in [-0.2, 0) is 0 Å². The molecule has 8 heteroatoms. The molecule has 0 spiro atoms. The molecule has 0 bridgehead atoms. The van der Waals surface area contributed by atoms with Crippen molar-refractivity contribution < 1.29 is 9.47 Å². The summed E-state index contributed by atoms with van der Waals surface area (Å²) in [5, 5.41) is 13.3. The Bertz CT molecular complexity index is 1160. The third-order valence-corrected chi connectivity index (χ3v) is 5.03. The molecular formula is C18H12N4O3S. The summed E-state index contributed by atoms with van der Waals surface area (Å²) >= 11 is 1.27. The summed E-state index contributed by atoms with van der Waals surface area (Å²) in [6.07, 6.45) is -0.392. The maximum absolute atomic E-state index is 12.8. The number of rotatable bonds is 2. The predicted molar refractivity (Wildman–Crippen MR) is 95.7 cm³/mol. The van der Waals surface area contributed by atoms with Crippen LogP contribution in [0.4, 0.5) is 0 Å². The van der Waals surface area contributed by atoms with Gasteiger partial charge in [-0.2, -0.15) is 9.61 Å². The smallest absolute Gasteiger partial charge is 0.302 e. The number of hydrogen-bond donors (Lipinski definition) is 0. The van der Waals surface area contributed by atoms with Gasteiger partial charge in [-0.25, -0.2) is 0 Å². The lowest BCUT2D eigenvalue weighted by atomic mass is 10.2. The quantitative estimate of drug-likeness (QED) is 0.544. The Labute approximate surface area is 151 Å². The van der Waals surface area contributed by atoms with Gasteiger partial charge in [0.2, 0.25) is 4.96 Å². The van der Waals surface area contributed by atoms with Crippen molar-refractivity contribution in [2.24, 2.45) is 0 Å². The average Bonchev–Trinajstić information content (AvgIpc) is 3.14. The first kappa shape index (κ1) is 15.0. The van der Waals surface area contributed by atoms with Crippen molar-refractivity contribution in [3.8, 4) is 22.8 Å². The molecule has 0 radical (unpaired) electrons. The number of fused-ring (bicyclic) bond motifs is 2. The highest BCUT2D eigenvalue weighted by atomic mass is 32.1. The van der Waals surface area contributed by atoms with Crippen LogP contribution in [0.5, 0.6) is 11.5 Å². The predicted octanol–water partition coefficient (Wildman–Crippen LogP) is 2.73. The highest BCUT2D eigenvalue weighted by Gasteiger charge is 2.26. The van der Waals surface area contributed by atoms with Gasteiger partial charge in [0.05, 0.1) is 0 Å². The fraction of sp³-hybridized carbons (Fsp3) is 0.111. The second-order valence-electron chi connectivity index (χ2n) is 5.72. The normalized spacial score (nSPS) is 15.9. The van der Waals surface area contributed by atoms with Crippen molar-refractivity contribution in [2.45, 2.75) is 6.10 Å². The molecule has 1 atom stereocenters. The van der Waals surface area contributed by atoms with E-state index in [1.54, 1.807) is 0 Å². The van der Waals surface area contributed by atoms with E-state index in [2.05, 4.69) is 15.3 Å². The number of ether oxygens (including phenoxy) is 2. The molecule has 3 heterocycles. The van der Waals surface area contributed by atoms with E-state index in [-0.39, 0.29) is 11.3 Å². The number of aromatic nitrogens is 4. The second kappa shape index (κ2) is 5.92. The van der Waals surface area contributed by atoms with Crippen LogP contribution in [0.3, 0.4) is 0 Å². The highest BCUT2D eigenvalue weighted by Crippen LogP contribution is 2.36. The van der Waals surface area contributed by atoms with Gasteiger partial charge in [-0.1, -0.05) is 53.8 Å². The molecule has 2 aromatic heterocycles. The second-order valence-corrected chi connectivity index (χ2v) is 6.71. The lowest BCUT2D eigenvalue weighted by Gasteiger charge is -2.24. The van der Waals surface area contributed by atoms with Crippen LogP contribution in [-0.4, -0.2) is 26.4 Å². The van der Waals surface area contributed by atoms with Crippen LogP contribution in [0.1, 0.15) is 11.1 Å². The van der Waals surface area contributed by atoms with Gasteiger partial charge >= 0.3 is 5.56 Å². The summed E-state index contributed by atoms with van der Waals surface area (Å²) in [7, 11) is 0. The Morgan fingerprint density at radius 3 is 2.62 bits per heavy atom. The molecule has 0 saturated heterocycles. The molecule has 7 nitrogen and oxygen atoms in total. The fourth-order valence-electron chi connectivity index (χ4n) is 2.78. The molecule has 0 amide bonds. The summed E-state index contributed by atoms with van der Waals surface area (Å²) in [4.78, 5) is 13.2. The van der Waals surface area contributed by atoms with Gasteiger partial charge in [-0.05, 0) is 12.1 Å². The van der Waals surface area contributed by atoms with Gasteiger partial charge in [0, 0.05) is 5.56 Å². The van der Waals surface area contributed by atoms with Crippen LogP contribution in [0, 0.1) is 0 Å². The lowest BCUT2D eigenvalue weighted by molar-refractivity contribution is 0.0904. The van der Waals surface area contributed by atoms with Gasteiger partial charge < -0.3 is 9.47 Å². The molecule has 5 rings (SSSR count). The lowest BCUT2D eigenvalue weighted by Crippen LogP contribution is -2.23. The van der Waals surface area contributed by atoms with Crippen LogP contribution in [0.15, 0.2) is 59.4 Å². The Balaban J connectivity index is 1.55. The summed E-state index contributed by atoms with van der Waals surface area (Å²) in [6, 6.07) is 16.7. The molecule has 0 N–H and O–H groups in total. The van der Waals surface area contributed by atoms with Gasteiger partial charge in [0.25, 0.3) is 0 Å². The van der Waals surface area contributed by atoms with E-state index in [4.69, 9.17) is 9.47 Å². The number of benzene rings is 2. The third kappa shape index (κ3) is 2.42. The van der Waals surface area contributed by atoms with Gasteiger partial charge in [-0.3, -0.25) is 4.79 Å². The minimum absolute atomic E-state index is 0.270. The Morgan fingerprint density at radius 1 is 1.00 bits per heavy atom. The summed E-state index contributed by atoms with van der Waals surface area (Å²) in [6.45, 7) is 0.324. The van der Waals surface area contributed by atoms with E-state index in [9.17, 15) is 4.79 Å². The zero-order chi connectivity index (χ0) is 17.5. The zero-order valence-electron chi connectivity index (χ0n) is 13.4. The molecule has 4 aromatic rings. The summed E-state index contributed by atoms with van der Waals surface area (Å²) in [5.41, 5.74) is 0.673. The molecule has 0 aliphatic carbocycles. The summed E-state index contributed by atoms with van der Waals surface area (Å²) in [5.74, 6) is 1.36. The Morgan fingerprint density at radius 2 is 1.77 bits per heavy atom. The van der Waals surface area contributed by atoms with Gasteiger partial charge in [0.15, 0.2) is 28.3 Å². The molecule has 0 saturated carbocycles. The first-order valence-electron chi connectivity index (χ1n) is 8.00. The molecule has 2 aromatic carbocycles. The van der Waals surface area contributed by atoms with Crippen molar-refractivity contribution >= 4 is 16.3 Å². The number of hydrogen-bond acceptors (Lipinski definition) is 7. The van der Waals surface area contributed by atoms with E-state index in [0.29, 0.717) is 33.6 Å². The van der Waals surface area contributed by atoms with Crippen LogP contribution in [0.25, 0.3) is 16.2 Å². The zero-order valence-corrected chi connectivity index (χ0v) is 14.2. The van der Waals surface area contributed by atoms with Crippen molar-refractivity contribution in [1.82, 2.24) is 19.8 Å². The molecule has 128 valence electrons. The fourth-order valence-corrected chi connectivity index (χ4v) is 3.63. The van der Waals surface area contributed by atoms with Gasteiger partial charge in [0.1, 0.15) is 6.61 Å². The Hall–Kier alpha value is -3.26. The molecule has 1 aliphatic heterocycles. The van der Waals surface area contributed by atoms with E-state index >= 15 is 0 Å². The monoisotopic (exact) mass is 364 g/mol. The molecule has 1 aliphatic rings. The molecule has 0 unspecified atom stereocenters. The summed E-state index contributed by atoms with van der Waals surface area (Å²) < 4.78 is 13.0. The first-order valence-corrected chi connectivity index (χ1v) is 8.81.